The van der Waals surface area contributed by atoms with Crippen molar-refractivity contribution < 1.29 is 0 Å². The number of hydrogen-bond acceptors (Lipinski definition) is 4. The van der Waals surface area contributed by atoms with Gasteiger partial charge in [0.1, 0.15) is 0 Å². The highest BCUT2D eigenvalue weighted by Crippen LogP contribution is 1.93. The van der Waals surface area contributed by atoms with Gasteiger partial charge >= 0.3 is 0 Å². The zero-order chi connectivity index (χ0) is 5.70. The van der Waals surface area contributed by atoms with E-state index in [2.05, 4.69) is 37.9 Å². The molecule has 0 amide bonds. The van der Waals surface area contributed by atoms with Gasteiger partial charge in [-0.2, -0.15) is 37.9 Å². The third kappa shape index (κ3) is 3.58. The largest absolute Gasteiger partial charge is 0.277 e. The van der Waals surface area contributed by atoms with E-state index in [0.29, 0.717) is 0 Å². The molecule has 0 rings (SSSR count). The minimum absolute atomic E-state index is 0.729. The van der Waals surface area contributed by atoms with Gasteiger partial charge in [0.15, 0.2) is 0 Å². The molecule has 0 bridgehead atoms. The lowest BCUT2D eigenvalue weighted by molar-refractivity contribution is 0.452. The first-order chi connectivity index (χ1) is 3.35. The van der Waals surface area contributed by atoms with Crippen molar-refractivity contribution in [3.63, 3.8) is 0 Å². The molecule has 0 spiro atoms. The van der Waals surface area contributed by atoms with Crippen molar-refractivity contribution in [3.05, 3.63) is 0 Å². The first-order valence-corrected chi connectivity index (χ1v) is 3.79. The van der Waals surface area contributed by atoms with Gasteiger partial charge in [0.2, 0.25) is 0 Å². The van der Waals surface area contributed by atoms with Crippen molar-refractivity contribution in [1.82, 2.24) is 4.90 Å². The number of rotatable bonds is 3. The zero-order valence-corrected chi connectivity index (χ0v) is 6.59. The standard InChI is InChI=1S/C3H9NS3/c5-1-4(2-6)3-7/h5-7H,1-3H2. The highest BCUT2D eigenvalue weighted by atomic mass is 32.1. The molecule has 44 valence electrons. The van der Waals surface area contributed by atoms with Gasteiger partial charge in [-0.3, -0.25) is 4.90 Å². The molecule has 0 aromatic carbocycles. The monoisotopic (exact) mass is 155 g/mol. The number of hydrogen-bond donors (Lipinski definition) is 3. The maximum atomic E-state index is 4.00. The molecule has 0 aliphatic carbocycles. The maximum absolute atomic E-state index is 4.00. The van der Waals surface area contributed by atoms with Crippen LogP contribution in [-0.4, -0.2) is 22.5 Å². The van der Waals surface area contributed by atoms with Gasteiger partial charge in [-0.15, -0.1) is 0 Å². The summed E-state index contributed by atoms with van der Waals surface area (Å²) in [5.41, 5.74) is 0. The molecule has 0 saturated carbocycles. The summed E-state index contributed by atoms with van der Waals surface area (Å²) in [4.78, 5) is 1.97. The van der Waals surface area contributed by atoms with Crippen LogP contribution in [0.4, 0.5) is 0 Å². The summed E-state index contributed by atoms with van der Waals surface area (Å²) in [6.07, 6.45) is 0. The molecule has 0 atom stereocenters. The molecule has 0 aromatic rings. The Morgan fingerprint density at radius 2 is 1.14 bits per heavy atom. The molecule has 0 N–H and O–H groups in total. The summed E-state index contributed by atoms with van der Waals surface area (Å²) in [7, 11) is 0. The molecular weight excluding hydrogens is 146 g/mol. The van der Waals surface area contributed by atoms with Crippen LogP contribution in [0.3, 0.4) is 0 Å². The molecule has 0 fully saturated rings. The Hall–Kier alpha value is 1.01. The number of nitrogens with zero attached hydrogens (tertiary/aromatic N) is 1. The second-order valence-corrected chi connectivity index (χ2v) is 1.94. The van der Waals surface area contributed by atoms with E-state index in [9.17, 15) is 0 Å². The predicted octanol–water partition coefficient (Wildman–Crippen LogP) is 0.950. The molecule has 4 heteroatoms. The van der Waals surface area contributed by atoms with Crippen LogP contribution in [0, 0.1) is 0 Å². The van der Waals surface area contributed by atoms with Gasteiger partial charge in [-0.05, 0) is 0 Å². The minimum atomic E-state index is 0.729. The van der Waals surface area contributed by atoms with E-state index in [-0.39, 0.29) is 0 Å². The third-order valence-electron chi connectivity index (χ3n) is 0.600. The van der Waals surface area contributed by atoms with E-state index < -0.39 is 0 Å². The SMILES string of the molecule is SCN(CS)CS. The molecule has 0 radical (unpaired) electrons. The van der Waals surface area contributed by atoms with E-state index >= 15 is 0 Å². The van der Waals surface area contributed by atoms with Crippen molar-refractivity contribution in [2.45, 2.75) is 0 Å². The lowest BCUT2D eigenvalue weighted by atomic mass is 11.0. The van der Waals surface area contributed by atoms with Gasteiger partial charge in [-0.25, -0.2) is 0 Å². The quantitative estimate of drug-likeness (QED) is 0.404. The third-order valence-corrected chi connectivity index (χ3v) is 1.80. The smallest absolute Gasteiger partial charge is 0.0430 e. The van der Waals surface area contributed by atoms with Gasteiger partial charge in [0.05, 0.1) is 0 Å². The maximum Gasteiger partial charge on any atom is 0.0430 e. The lowest BCUT2D eigenvalue weighted by Crippen LogP contribution is -2.17. The van der Waals surface area contributed by atoms with Crippen LogP contribution in [0.5, 0.6) is 0 Å². The normalized spacial score (nSPS) is 10.3. The van der Waals surface area contributed by atoms with E-state index in [1.807, 2.05) is 4.90 Å². The average Bonchev–Trinajstić information content (AvgIpc) is 1.72. The minimum Gasteiger partial charge on any atom is -0.277 e. The van der Waals surface area contributed by atoms with Crippen LogP contribution in [0.15, 0.2) is 0 Å². The molecule has 0 aromatic heterocycles. The molecule has 0 heterocycles. The predicted molar refractivity (Wildman–Crippen MR) is 43.4 cm³/mol. The van der Waals surface area contributed by atoms with Crippen molar-refractivity contribution in [2.75, 3.05) is 17.6 Å². The lowest BCUT2D eigenvalue weighted by Gasteiger charge is -2.11. The van der Waals surface area contributed by atoms with Crippen LogP contribution in [0.2, 0.25) is 0 Å². The average molecular weight is 155 g/mol. The summed E-state index contributed by atoms with van der Waals surface area (Å²) in [6, 6.07) is 0. The second-order valence-electron chi connectivity index (χ2n) is 1.10. The molecular formula is C3H9NS3. The van der Waals surface area contributed by atoms with Crippen molar-refractivity contribution >= 4 is 37.9 Å². The van der Waals surface area contributed by atoms with Gasteiger partial charge in [-0.1, -0.05) is 0 Å². The molecule has 0 aliphatic heterocycles. The fraction of sp³-hybridized carbons (Fsp3) is 1.00. The summed E-state index contributed by atoms with van der Waals surface area (Å²) in [5.74, 6) is 2.19. The highest BCUT2D eigenvalue weighted by molar-refractivity contribution is 7.81. The summed E-state index contributed by atoms with van der Waals surface area (Å²) in [5, 5.41) is 0. The van der Waals surface area contributed by atoms with Crippen LogP contribution in [0.1, 0.15) is 0 Å². The van der Waals surface area contributed by atoms with Crippen LogP contribution < -0.4 is 0 Å². The Morgan fingerprint density at radius 3 is 1.14 bits per heavy atom. The molecule has 1 nitrogen and oxygen atoms in total. The Balaban J connectivity index is 2.99. The fourth-order valence-electron chi connectivity index (χ4n) is 0.134. The topological polar surface area (TPSA) is 3.24 Å². The zero-order valence-electron chi connectivity index (χ0n) is 3.91. The van der Waals surface area contributed by atoms with E-state index in [0.717, 1.165) is 17.6 Å². The molecule has 0 aliphatic rings. The Bertz CT molecular complexity index is 31.7. The van der Waals surface area contributed by atoms with Gasteiger partial charge in [0.25, 0.3) is 0 Å². The van der Waals surface area contributed by atoms with Crippen molar-refractivity contribution in [1.29, 1.82) is 0 Å². The number of thiol groups is 3. The van der Waals surface area contributed by atoms with Crippen LogP contribution in [-0.2, 0) is 0 Å². The summed E-state index contributed by atoms with van der Waals surface area (Å²) >= 11 is 12.0. The Kier molecular flexibility index (Phi) is 5.90. The molecule has 7 heavy (non-hydrogen) atoms. The second kappa shape index (κ2) is 5.15. The fourth-order valence-corrected chi connectivity index (χ4v) is 1.21. The van der Waals surface area contributed by atoms with E-state index in [1.54, 1.807) is 0 Å². The molecule has 0 unspecified atom stereocenters. The Morgan fingerprint density at radius 1 is 0.857 bits per heavy atom. The first-order valence-electron chi connectivity index (χ1n) is 1.90. The Labute approximate surface area is 60.7 Å². The van der Waals surface area contributed by atoms with E-state index in [4.69, 9.17) is 0 Å². The summed E-state index contributed by atoms with van der Waals surface area (Å²) < 4.78 is 0. The van der Waals surface area contributed by atoms with Crippen LogP contribution >= 0.6 is 37.9 Å². The highest BCUT2D eigenvalue weighted by Gasteiger charge is 1.91. The summed E-state index contributed by atoms with van der Waals surface area (Å²) in [6.45, 7) is 0. The first kappa shape index (κ1) is 8.01. The van der Waals surface area contributed by atoms with Crippen LogP contribution in [0.25, 0.3) is 0 Å². The van der Waals surface area contributed by atoms with E-state index in [1.165, 1.54) is 0 Å². The molecule has 0 saturated heterocycles. The van der Waals surface area contributed by atoms with Gasteiger partial charge in [0, 0.05) is 17.6 Å². The van der Waals surface area contributed by atoms with Crippen molar-refractivity contribution in [2.24, 2.45) is 0 Å². The van der Waals surface area contributed by atoms with Gasteiger partial charge < -0.3 is 0 Å². The van der Waals surface area contributed by atoms with Crippen molar-refractivity contribution in [3.8, 4) is 0 Å².